The number of anilines is 4. The van der Waals surface area contributed by atoms with E-state index >= 15 is 0 Å². The van der Waals surface area contributed by atoms with Crippen LogP contribution in [-0.2, 0) is 0 Å². The number of aryl methyl sites for hydroxylation is 1. The quantitative estimate of drug-likeness (QED) is 0.751. The lowest BCUT2D eigenvalue weighted by Gasteiger charge is -2.09. The Bertz CT molecular complexity index is 791. The first-order chi connectivity index (χ1) is 10.7. The number of rotatable bonds is 4. The van der Waals surface area contributed by atoms with Crippen LogP contribution in [0.2, 0.25) is 5.02 Å². The van der Waals surface area contributed by atoms with Crippen molar-refractivity contribution in [2.45, 2.75) is 6.92 Å². The zero-order chi connectivity index (χ0) is 15.4. The topological polar surface area (TPSA) is 62.7 Å². The summed E-state index contributed by atoms with van der Waals surface area (Å²) in [5.74, 6) is 1.02. The van der Waals surface area contributed by atoms with Gasteiger partial charge in [-0.25, -0.2) is 0 Å². The molecule has 0 saturated heterocycles. The maximum atomic E-state index is 5.96. The molecule has 22 heavy (non-hydrogen) atoms. The van der Waals surface area contributed by atoms with Crippen molar-refractivity contribution in [3.63, 3.8) is 0 Å². The first-order valence-corrected chi connectivity index (χ1v) is 7.13. The summed E-state index contributed by atoms with van der Waals surface area (Å²) in [7, 11) is 0. The normalized spacial score (nSPS) is 10.3. The number of hydrogen-bond acceptors (Lipinski definition) is 5. The molecule has 110 valence electrons. The first-order valence-electron chi connectivity index (χ1n) is 6.76. The fraction of sp³-hybridized carbons (Fsp3) is 0.0625. The van der Waals surface area contributed by atoms with Crippen LogP contribution in [0.3, 0.4) is 0 Å². The lowest BCUT2D eigenvalue weighted by molar-refractivity contribution is 0.982. The fourth-order valence-electron chi connectivity index (χ4n) is 1.96. The number of hydrogen-bond donors (Lipinski definition) is 2. The molecule has 0 aliphatic rings. The molecule has 0 amide bonds. The number of para-hydroxylation sites is 1. The fourth-order valence-corrected chi connectivity index (χ4v) is 2.15. The van der Waals surface area contributed by atoms with Crippen LogP contribution < -0.4 is 10.6 Å². The van der Waals surface area contributed by atoms with Crippen molar-refractivity contribution < 1.29 is 0 Å². The third kappa shape index (κ3) is 3.51. The summed E-state index contributed by atoms with van der Waals surface area (Å²) < 4.78 is 0. The zero-order valence-corrected chi connectivity index (χ0v) is 12.7. The number of aromatic nitrogens is 3. The summed E-state index contributed by atoms with van der Waals surface area (Å²) >= 11 is 5.96. The van der Waals surface area contributed by atoms with Crippen molar-refractivity contribution in [2.24, 2.45) is 0 Å². The number of nitrogens with zero attached hydrogens (tertiary/aromatic N) is 3. The molecule has 5 nitrogen and oxygen atoms in total. The summed E-state index contributed by atoms with van der Waals surface area (Å²) in [6.45, 7) is 2.03. The van der Waals surface area contributed by atoms with Crippen molar-refractivity contribution in [3.8, 4) is 0 Å². The van der Waals surface area contributed by atoms with Gasteiger partial charge in [-0.3, -0.25) is 0 Å². The Morgan fingerprint density at radius 2 is 1.86 bits per heavy atom. The third-order valence-electron chi connectivity index (χ3n) is 3.05. The molecule has 0 aliphatic heterocycles. The molecule has 2 N–H and O–H groups in total. The highest BCUT2D eigenvalue weighted by Gasteiger charge is 2.03. The third-order valence-corrected chi connectivity index (χ3v) is 3.28. The molecule has 6 heteroatoms. The molecule has 0 radical (unpaired) electrons. The minimum atomic E-state index is 0.404. The molecule has 0 fully saturated rings. The summed E-state index contributed by atoms with van der Waals surface area (Å²) in [6, 6.07) is 15.3. The van der Waals surface area contributed by atoms with E-state index in [1.54, 1.807) is 12.3 Å². The Kier molecular flexibility index (Phi) is 4.16. The molecule has 1 aromatic heterocycles. The van der Waals surface area contributed by atoms with Crippen LogP contribution in [-0.4, -0.2) is 15.2 Å². The lowest BCUT2D eigenvalue weighted by Crippen LogP contribution is -2.02. The predicted octanol–water partition coefficient (Wildman–Crippen LogP) is 4.32. The molecule has 0 aliphatic carbocycles. The average Bonchev–Trinajstić information content (AvgIpc) is 2.50. The van der Waals surface area contributed by atoms with E-state index in [1.165, 1.54) is 0 Å². The van der Waals surface area contributed by atoms with E-state index < -0.39 is 0 Å². The highest BCUT2D eigenvalue weighted by Crippen LogP contribution is 2.20. The molecule has 2 aromatic carbocycles. The van der Waals surface area contributed by atoms with Crippen molar-refractivity contribution in [3.05, 3.63) is 65.3 Å². The van der Waals surface area contributed by atoms with Crippen LogP contribution in [0.25, 0.3) is 0 Å². The Labute approximate surface area is 133 Å². The average molecular weight is 312 g/mol. The van der Waals surface area contributed by atoms with Gasteiger partial charge in [0.1, 0.15) is 0 Å². The molecule has 0 bridgehead atoms. The molecule has 0 spiro atoms. The minimum absolute atomic E-state index is 0.404. The van der Waals surface area contributed by atoms with Crippen LogP contribution in [0.1, 0.15) is 5.56 Å². The summed E-state index contributed by atoms with van der Waals surface area (Å²) in [5, 5.41) is 14.9. The van der Waals surface area contributed by atoms with E-state index in [4.69, 9.17) is 11.6 Å². The van der Waals surface area contributed by atoms with Crippen LogP contribution in [0.15, 0.2) is 54.7 Å². The number of halogens is 1. The van der Waals surface area contributed by atoms with Gasteiger partial charge in [0.05, 0.1) is 6.20 Å². The molecule has 0 atom stereocenters. The second-order valence-electron chi connectivity index (χ2n) is 4.74. The zero-order valence-electron chi connectivity index (χ0n) is 11.9. The Hall–Kier alpha value is -2.66. The van der Waals surface area contributed by atoms with Gasteiger partial charge in [0, 0.05) is 16.4 Å². The first kappa shape index (κ1) is 14.3. The van der Waals surface area contributed by atoms with E-state index in [0.717, 1.165) is 16.9 Å². The van der Waals surface area contributed by atoms with Gasteiger partial charge in [0.25, 0.3) is 0 Å². The van der Waals surface area contributed by atoms with Crippen molar-refractivity contribution >= 4 is 34.7 Å². The van der Waals surface area contributed by atoms with Crippen LogP contribution in [0, 0.1) is 6.92 Å². The van der Waals surface area contributed by atoms with E-state index in [1.807, 2.05) is 49.4 Å². The Morgan fingerprint density at radius 1 is 1.00 bits per heavy atom. The van der Waals surface area contributed by atoms with Crippen molar-refractivity contribution in [1.29, 1.82) is 0 Å². The molecule has 1 heterocycles. The second kappa shape index (κ2) is 6.41. The van der Waals surface area contributed by atoms with E-state index in [0.29, 0.717) is 16.8 Å². The molecule has 3 aromatic rings. The van der Waals surface area contributed by atoms with E-state index in [9.17, 15) is 0 Å². The standard InChI is InChI=1S/C16H14ClN5/c1-11-5-2-3-8-14(11)20-15-10-18-22-16(21-15)19-13-7-4-6-12(17)9-13/h2-10H,1H3,(H2,19,20,21,22). The maximum absolute atomic E-state index is 5.96. The summed E-state index contributed by atoms with van der Waals surface area (Å²) in [6.07, 6.45) is 1.58. The highest BCUT2D eigenvalue weighted by molar-refractivity contribution is 6.30. The maximum Gasteiger partial charge on any atom is 0.249 e. The smallest absolute Gasteiger partial charge is 0.249 e. The van der Waals surface area contributed by atoms with Crippen LogP contribution in [0.5, 0.6) is 0 Å². The van der Waals surface area contributed by atoms with Crippen molar-refractivity contribution in [1.82, 2.24) is 15.2 Å². The lowest BCUT2D eigenvalue weighted by atomic mass is 10.2. The van der Waals surface area contributed by atoms with Crippen LogP contribution in [0.4, 0.5) is 23.1 Å². The van der Waals surface area contributed by atoms with Gasteiger partial charge in [0.15, 0.2) is 5.82 Å². The minimum Gasteiger partial charge on any atom is -0.339 e. The predicted molar refractivity (Wildman–Crippen MR) is 89.0 cm³/mol. The Morgan fingerprint density at radius 3 is 2.68 bits per heavy atom. The van der Waals surface area contributed by atoms with Gasteiger partial charge in [-0.15, -0.1) is 5.10 Å². The van der Waals surface area contributed by atoms with Gasteiger partial charge in [-0.1, -0.05) is 35.9 Å². The van der Waals surface area contributed by atoms with Gasteiger partial charge >= 0.3 is 0 Å². The molecule has 0 saturated carbocycles. The molecular weight excluding hydrogens is 298 g/mol. The molecule has 0 unspecified atom stereocenters. The van der Waals surface area contributed by atoms with E-state index in [2.05, 4.69) is 25.8 Å². The van der Waals surface area contributed by atoms with Gasteiger partial charge < -0.3 is 10.6 Å². The highest BCUT2D eigenvalue weighted by atomic mass is 35.5. The van der Waals surface area contributed by atoms with Gasteiger partial charge in [-0.2, -0.15) is 10.1 Å². The monoisotopic (exact) mass is 311 g/mol. The Balaban J connectivity index is 1.79. The molecular formula is C16H14ClN5. The summed E-state index contributed by atoms with van der Waals surface area (Å²) in [4.78, 5) is 4.40. The number of benzene rings is 2. The summed E-state index contributed by atoms with van der Waals surface area (Å²) in [5.41, 5.74) is 2.92. The molecule has 3 rings (SSSR count). The van der Waals surface area contributed by atoms with Gasteiger partial charge in [0.2, 0.25) is 5.95 Å². The largest absolute Gasteiger partial charge is 0.339 e. The second-order valence-corrected chi connectivity index (χ2v) is 5.18. The van der Waals surface area contributed by atoms with Crippen molar-refractivity contribution in [2.75, 3.05) is 10.6 Å². The SMILES string of the molecule is Cc1ccccc1Nc1cnnc(Nc2cccc(Cl)c2)n1. The van der Waals surface area contributed by atoms with Crippen LogP contribution >= 0.6 is 11.6 Å². The number of nitrogens with one attached hydrogen (secondary N) is 2. The van der Waals surface area contributed by atoms with E-state index in [-0.39, 0.29) is 0 Å². The van der Waals surface area contributed by atoms with Gasteiger partial charge in [-0.05, 0) is 36.8 Å².